The maximum Gasteiger partial charge on any atom is 0.243 e. The first-order valence-electron chi connectivity index (χ1n) is 8.56. The van der Waals surface area contributed by atoms with Crippen molar-refractivity contribution in [1.82, 2.24) is 19.9 Å². The molecule has 2 aromatic rings. The Morgan fingerprint density at radius 3 is 2.54 bits per heavy atom. The van der Waals surface area contributed by atoms with E-state index in [4.69, 9.17) is 8.94 Å². The van der Waals surface area contributed by atoms with Gasteiger partial charge < -0.3 is 14.0 Å². The second-order valence-electron chi connectivity index (χ2n) is 6.69. The Balaban J connectivity index is 1.50. The molecule has 1 aliphatic heterocycles. The molecule has 0 spiro atoms. The number of hydrogen-bond acceptors (Lipinski definition) is 7. The van der Waals surface area contributed by atoms with Crippen LogP contribution in [0, 0.1) is 0 Å². The Labute approximate surface area is 142 Å². The number of furan rings is 1. The Morgan fingerprint density at radius 2 is 1.96 bits per heavy atom. The van der Waals surface area contributed by atoms with Crippen LogP contribution in [0.5, 0.6) is 0 Å². The predicted molar refractivity (Wildman–Crippen MR) is 88.5 cm³/mol. The molecule has 1 fully saturated rings. The van der Waals surface area contributed by atoms with Gasteiger partial charge in [0.1, 0.15) is 11.9 Å². The summed E-state index contributed by atoms with van der Waals surface area (Å²) in [5.74, 6) is 2.34. The number of aromatic nitrogens is 2. The zero-order valence-corrected chi connectivity index (χ0v) is 14.6. The van der Waals surface area contributed by atoms with Gasteiger partial charge in [0.2, 0.25) is 5.89 Å². The molecule has 0 aromatic carbocycles. The van der Waals surface area contributed by atoms with E-state index in [0.717, 1.165) is 32.0 Å². The van der Waals surface area contributed by atoms with Crippen LogP contribution in [0.25, 0.3) is 0 Å². The van der Waals surface area contributed by atoms with E-state index in [-0.39, 0.29) is 12.0 Å². The average molecular weight is 334 g/mol. The standard InChI is InChI=1S/C17H26N4O3/c1-12(2)16-18-17(24-19-16)13(3)21-8-6-20(7-9-21)11-14(22)15-5-4-10-23-15/h4-5,10,12-14,22H,6-9,11H2,1-3H3/t13-,14+/m0/s1. The number of piperazine rings is 1. The van der Waals surface area contributed by atoms with Gasteiger partial charge in [0.15, 0.2) is 5.82 Å². The van der Waals surface area contributed by atoms with E-state index in [1.165, 1.54) is 0 Å². The Bertz CT molecular complexity index is 618. The van der Waals surface area contributed by atoms with Gasteiger partial charge >= 0.3 is 0 Å². The van der Waals surface area contributed by atoms with Crippen LogP contribution < -0.4 is 0 Å². The maximum absolute atomic E-state index is 10.2. The highest BCUT2D eigenvalue weighted by atomic mass is 16.5. The second kappa shape index (κ2) is 7.46. The third-order valence-corrected chi connectivity index (χ3v) is 4.59. The molecule has 0 saturated carbocycles. The van der Waals surface area contributed by atoms with Gasteiger partial charge in [0, 0.05) is 38.6 Å². The quantitative estimate of drug-likeness (QED) is 0.867. The minimum atomic E-state index is -0.575. The summed E-state index contributed by atoms with van der Waals surface area (Å²) in [6, 6.07) is 3.72. The Morgan fingerprint density at radius 1 is 1.21 bits per heavy atom. The zero-order valence-electron chi connectivity index (χ0n) is 14.6. The van der Waals surface area contributed by atoms with Gasteiger partial charge in [-0.2, -0.15) is 4.98 Å². The molecule has 132 valence electrons. The number of β-amino-alcohol motifs (C(OH)–C–C–N with tert-alkyl or cyclic N) is 1. The third kappa shape index (κ3) is 3.85. The van der Waals surface area contributed by atoms with Crippen molar-refractivity contribution in [3.05, 3.63) is 35.9 Å². The number of aliphatic hydroxyl groups is 1. The molecule has 1 saturated heterocycles. The highest BCUT2D eigenvalue weighted by Gasteiger charge is 2.27. The van der Waals surface area contributed by atoms with Crippen molar-refractivity contribution in [2.45, 2.75) is 38.8 Å². The number of rotatable bonds is 6. The van der Waals surface area contributed by atoms with Gasteiger partial charge in [-0.1, -0.05) is 19.0 Å². The van der Waals surface area contributed by atoms with Crippen molar-refractivity contribution >= 4 is 0 Å². The fourth-order valence-corrected chi connectivity index (χ4v) is 2.96. The lowest BCUT2D eigenvalue weighted by Crippen LogP contribution is -2.48. The smallest absolute Gasteiger partial charge is 0.243 e. The molecule has 0 radical (unpaired) electrons. The fraction of sp³-hybridized carbons (Fsp3) is 0.647. The summed E-state index contributed by atoms with van der Waals surface area (Å²) in [6.07, 6.45) is 1.02. The number of nitrogens with zero attached hydrogens (tertiary/aromatic N) is 4. The molecule has 2 aromatic heterocycles. The van der Waals surface area contributed by atoms with Crippen LogP contribution in [-0.4, -0.2) is 57.8 Å². The molecule has 24 heavy (non-hydrogen) atoms. The highest BCUT2D eigenvalue weighted by Crippen LogP contribution is 2.23. The third-order valence-electron chi connectivity index (χ3n) is 4.59. The van der Waals surface area contributed by atoms with Gasteiger partial charge in [0.05, 0.1) is 12.3 Å². The van der Waals surface area contributed by atoms with Crippen LogP contribution in [0.1, 0.15) is 56.3 Å². The lowest BCUT2D eigenvalue weighted by molar-refractivity contribution is 0.0452. The Kier molecular flexibility index (Phi) is 5.33. The van der Waals surface area contributed by atoms with Crippen molar-refractivity contribution in [2.24, 2.45) is 0 Å². The van der Waals surface area contributed by atoms with Crippen molar-refractivity contribution in [3.63, 3.8) is 0 Å². The second-order valence-corrected chi connectivity index (χ2v) is 6.69. The first-order valence-corrected chi connectivity index (χ1v) is 8.56. The molecule has 1 N–H and O–H groups in total. The van der Waals surface area contributed by atoms with Crippen LogP contribution >= 0.6 is 0 Å². The zero-order chi connectivity index (χ0) is 17.1. The minimum Gasteiger partial charge on any atom is -0.467 e. The molecular weight excluding hydrogens is 308 g/mol. The van der Waals surface area contributed by atoms with Crippen LogP contribution in [0.4, 0.5) is 0 Å². The normalized spacial score (nSPS) is 19.7. The molecule has 3 rings (SSSR count). The highest BCUT2D eigenvalue weighted by molar-refractivity contribution is 5.02. The first kappa shape index (κ1) is 17.1. The van der Waals surface area contributed by atoms with E-state index in [2.05, 4.69) is 40.7 Å². The van der Waals surface area contributed by atoms with E-state index < -0.39 is 6.10 Å². The number of hydrogen-bond donors (Lipinski definition) is 1. The molecule has 0 bridgehead atoms. The van der Waals surface area contributed by atoms with Crippen LogP contribution in [-0.2, 0) is 0 Å². The van der Waals surface area contributed by atoms with Gasteiger partial charge in [-0.15, -0.1) is 0 Å². The van der Waals surface area contributed by atoms with E-state index in [1.807, 2.05) is 6.07 Å². The molecule has 2 atom stereocenters. The monoisotopic (exact) mass is 334 g/mol. The lowest BCUT2D eigenvalue weighted by Gasteiger charge is -2.37. The van der Waals surface area contributed by atoms with Crippen LogP contribution in [0.2, 0.25) is 0 Å². The molecule has 0 amide bonds. The summed E-state index contributed by atoms with van der Waals surface area (Å²) in [5.41, 5.74) is 0. The molecule has 0 unspecified atom stereocenters. The Hall–Kier alpha value is -1.70. The van der Waals surface area contributed by atoms with Gasteiger partial charge in [-0.3, -0.25) is 9.80 Å². The minimum absolute atomic E-state index is 0.113. The SMILES string of the molecule is CC(C)c1noc([C@H](C)N2CCN(C[C@@H](O)c3ccco3)CC2)n1. The van der Waals surface area contributed by atoms with Gasteiger partial charge in [0.25, 0.3) is 0 Å². The first-order chi connectivity index (χ1) is 11.5. The van der Waals surface area contributed by atoms with E-state index >= 15 is 0 Å². The molecule has 3 heterocycles. The fourth-order valence-electron chi connectivity index (χ4n) is 2.96. The summed E-state index contributed by atoms with van der Waals surface area (Å²) in [5, 5.41) is 14.2. The summed E-state index contributed by atoms with van der Waals surface area (Å²) in [7, 11) is 0. The summed E-state index contributed by atoms with van der Waals surface area (Å²) < 4.78 is 10.7. The largest absolute Gasteiger partial charge is 0.467 e. The maximum atomic E-state index is 10.2. The average Bonchev–Trinajstić information content (AvgIpc) is 3.26. The molecule has 1 aliphatic rings. The van der Waals surface area contributed by atoms with Gasteiger partial charge in [-0.25, -0.2) is 0 Å². The molecule has 7 nitrogen and oxygen atoms in total. The number of aliphatic hydroxyl groups excluding tert-OH is 1. The van der Waals surface area contributed by atoms with E-state index in [9.17, 15) is 5.11 Å². The van der Waals surface area contributed by atoms with Gasteiger partial charge in [-0.05, 0) is 19.1 Å². The van der Waals surface area contributed by atoms with Crippen molar-refractivity contribution in [3.8, 4) is 0 Å². The molecule has 0 aliphatic carbocycles. The van der Waals surface area contributed by atoms with Crippen LogP contribution in [0.15, 0.2) is 27.3 Å². The summed E-state index contributed by atoms with van der Waals surface area (Å²) in [4.78, 5) is 9.09. The van der Waals surface area contributed by atoms with Crippen molar-refractivity contribution in [1.29, 1.82) is 0 Å². The molecular formula is C17H26N4O3. The van der Waals surface area contributed by atoms with Crippen molar-refractivity contribution < 1.29 is 14.0 Å². The molecule has 7 heteroatoms. The van der Waals surface area contributed by atoms with E-state index in [0.29, 0.717) is 18.2 Å². The van der Waals surface area contributed by atoms with Crippen LogP contribution in [0.3, 0.4) is 0 Å². The van der Waals surface area contributed by atoms with Crippen molar-refractivity contribution in [2.75, 3.05) is 32.7 Å². The summed E-state index contributed by atoms with van der Waals surface area (Å²) in [6.45, 7) is 10.4. The predicted octanol–water partition coefficient (Wildman–Crippen LogP) is 2.20. The summed E-state index contributed by atoms with van der Waals surface area (Å²) >= 11 is 0. The lowest BCUT2D eigenvalue weighted by atomic mass is 10.2. The topological polar surface area (TPSA) is 78.8 Å². The van der Waals surface area contributed by atoms with E-state index in [1.54, 1.807) is 12.3 Å².